The van der Waals surface area contributed by atoms with Gasteiger partial charge in [0, 0.05) is 16.8 Å². The van der Waals surface area contributed by atoms with Gasteiger partial charge in [-0.2, -0.15) is 5.10 Å². The van der Waals surface area contributed by atoms with E-state index in [4.69, 9.17) is 4.74 Å². The number of para-hydroxylation sites is 1. The second-order valence-corrected chi connectivity index (χ2v) is 8.95. The molecule has 5 rings (SSSR count). The van der Waals surface area contributed by atoms with Gasteiger partial charge < -0.3 is 9.84 Å². The highest BCUT2D eigenvalue weighted by Crippen LogP contribution is 2.29. The minimum absolute atomic E-state index is 0.0758. The Bertz CT molecular complexity index is 1570. The molecule has 0 saturated carbocycles. The third kappa shape index (κ3) is 5.31. The van der Waals surface area contributed by atoms with Gasteiger partial charge in [-0.25, -0.2) is 5.43 Å². The second-order valence-electron chi connectivity index (χ2n) is 8.01. The molecule has 184 valence electrons. The monoisotopic (exact) mass is 509 g/mol. The van der Waals surface area contributed by atoms with Crippen molar-refractivity contribution in [2.45, 2.75) is 5.16 Å². The smallest absolute Gasteiger partial charge is 0.250 e. The van der Waals surface area contributed by atoms with Crippen LogP contribution in [0.15, 0.2) is 101 Å². The molecule has 5 aromatic rings. The van der Waals surface area contributed by atoms with E-state index in [9.17, 15) is 9.90 Å². The van der Waals surface area contributed by atoms with Crippen LogP contribution in [-0.2, 0) is 4.79 Å². The maximum absolute atomic E-state index is 12.6. The number of nitrogens with one attached hydrogen (secondary N) is 1. The van der Waals surface area contributed by atoms with Crippen LogP contribution >= 0.6 is 11.8 Å². The highest BCUT2D eigenvalue weighted by molar-refractivity contribution is 7.99. The summed E-state index contributed by atoms with van der Waals surface area (Å²) in [6.45, 7) is 0. The van der Waals surface area contributed by atoms with Crippen LogP contribution in [0.5, 0.6) is 11.5 Å². The van der Waals surface area contributed by atoms with Gasteiger partial charge in [0.25, 0.3) is 5.91 Å². The molecule has 0 saturated heterocycles. The Kier molecular flexibility index (Phi) is 7.14. The summed E-state index contributed by atoms with van der Waals surface area (Å²) in [4.78, 5) is 12.6. The number of aromatic hydroxyl groups is 1. The average molecular weight is 510 g/mol. The Labute approximate surface area is 217 Å². The number of carbonyl (C=O) groups excluding carboxylic acids is 1. The fraction of sp³-hybridized carbons (Fsp3) is 0.0714. The number of hydrazone groups is 1. The van der Waals surface area contributed by atoms with Crippen molar-refractivity contribution in [3.8, 4) is 28.6 Å². The zero-order valence-electron chi connectivity index (χ0n) is 19.9. The zero-order chi connectivity index (χ0) is 25.6. The van der Waals surface area contributed by atoms with Gasteiger partial charge in [-0.15, -0.1) is 10.2 Å². The lowest BCUT2D eigenvalue weighted by Crippen LogP contribution is -2.20. The van der Waals surface area contributed by atoms with E-state index >= 15 is 0 Å². The van der Waals surface area contributed by atoms with Crippen LogP contribution in [-0.4, -0.2) is 44.9 Å². The highest BCUT2D eigenvalue weighted by atomic mass is 32.2. The summed E-state index contributed by atoms with van der Waals surface area (Å²) in [7, 11) is 1.62. The molecule has 1 heterocycles. The van der Waals surface area contributed by atoms with Crippen LogP contribution in [0.1, 0.15) is 5.56 Å². The molecule has 2 N–H and O–H groups in total. The lowest BCUT2D eigenvalue weighted by molar-refractivity contribution is -0.118. The van der Waals surface area contributed by atoms with Crippen LogP contribution in [0.25, 0.3) is 27.8 Å². The van der Waals surface area contributed by atoms with Gasteiger partial charge in [-0.05, 0) is 53.2 Å². The van der Waals surface area contributed by atoms with Crippen LogP contribution in [0, 0.1) is 0 Å². The van der Waals surface area contributed by atoms with Crippen molar-refractivity contribution < 1.29 is 14.6 Å². The summed E-state index contributed by atoms with van der Waals surface area (Å²) in [5, 5.41) is 25.5. The normalized spacial score (nSPS) is 11.2. The Morgan fingerprint density at radius 3 is 2.54 bits per heavy atom. The van der Waals surface area contributed by atoms with Crippen LogP contribution < -0.4 is 10.2 Å². The van der Waals surface area contributed by atoms with Gasteiger partial charge in [0.15, 0.2) is 11.0 Å². The van der Waals surface area contributed by atoms with E-state index < -0.39 is 0 Å². The molecule has 0 aliphatic carbocycles. The van der Waals surface area contributed by atoms with E-state index in [0.717, 1.165) is 27.8 Å². The van der Waals surface area contributed by atoms with Crippen LogP contribution in [0.4, 0.5) is 0 Å². The molecule has 4 aromatic carbocycles. The van der Waals surface area contributed by atoms with Gasteiger partial charge in [0.1, 0.15) is 11.5 Å². The highest BCUT2D eigenvalue weighted by Gasteiger charge is 2.17. The maximum atomic E-state index is 12.6. The number of nitrogens with zero attached hydrogens (tertiary/aromatic N) is 4. The predicted octanol–water partition coefficient (Wildman–Crippen LogP) is 5.04. The molecular weight excluding hydrogens is 486 g/mol. The lowest BCUT2D eigenvalue weighted by Gasteiger charge is -2.10. The van der Waals surface area contributed by atoms with E-state index in [2.05, 4.69) is 20.7 Å². The fourth-order valence-electron chi connectivity index (χ4n) is 3.85. The van der Waals surface area contributed by atoms with E-state index in [0.29, 0.717) is 16.5 Å². The summed E-state index contributed by atoms with van der Waals surface area (Å²) in [6.07, 6.45) is 1.45. The first-order valence-corrected chi connectivity index (χ1v) is 12.4. The van der Waals surface area contributed by atoms with Crippen molar-refractivity contribution >= 4 is 34.7 Å². The molecule has 0 aliphatic heterocycles. The molecular formula is C28H23N5O3S. The lowest BCUT2D eigenvalue weighted by atomic mass is 10.0. The Morgan fingerprint density at radius 2 is 1.76 bits per heavy atom. The standard InChI is InChI=1S/C28H23N5O3S/c1-36-22-14-11-20(12-15-22)27-31-32-28(33(27)21-8-3-2-4-9-21)37-18-26(35)30-29-17-24-23-10-6-5-7-19(23)13-16-25(24)34/h2-17,34H,18H2,1H3,(H,30,35). The van der Waals surface area contributed by atoms with E-state index in [1.54, 1.807) is 13.2 Å². The number of fused-ring (bicyclic) bond motifs is 1. The van der Waals surface area contributed by atoms with Gasteiger partial charge in [-0.1, -0.05) is 60.3 Å². The van der Waals surface area contributed by atoms with E-state index in [1.807, 2.05) is 89.5 Å². The number of carbonyl (C=O) groups is 1. The van der Waals surface area contributed by atoms with Crippen LogP contribution in [0.2, 0.25) is 0 Å². The molecule has 0 fully saturated rings. The maximum Gasteiger partial charge on any atom is 0.250 e. The molecule has 0 spiro atoms. The number of methoxy groups -OCH3 is 1. The SMILES string of the molecule is COc1ccc(-c2nnc(SCC(=O)NN=Cc3c(O)ccc4ccccc34)n2-c2ccccc2)cc1. The summed E-state index contributed by atoms with van der Waals surface area (Å²) in [5.41, 5.74) is 4.82. The minimum Gasteiger partial charge on any atom is -0.507 e. The second kappa shape index (κ2) is 11.0. The topological polar surface area (TPSA) is 102 Å². The van der Waals surface area contributed by atoms with Crippen molar-refractivity contribution in [2.24, 2.45) is 5.10 Å². The molecule has 1 aromatic heterocycles. The van der Waals surface area contributed by atoms with Crippen molar-refractivity contribution in [2.75, 3.05) is 12.9 Å². The molecule has 0 unspecified atom stereocenters. The predicted molar refractivity (Wildman–Crippen MR) is 145 cm³/mol. The van der Waals surface area contributed by atoms with E-state index in [1.165, 1.54) is 18.0 Å². The Balaban J connectivity index is 1.33. The van der Waals surface area contributed by atoms with Gasteiger partial charge >= 0.3 is 0 Å². The summed E-state index contributed by atoms with van der Waals surface area (Å²) >= 11 is 1.25. The van der Waals surface area contributed by atoms with E-state index in [-0.39, 0.29) is 17.4 Å². The molecule has 37 heavy (non-hydrogen) atoms. The van der Waals surface area contributed by atoms with Gasteiger partial charge in [0.2, 0.25) is 0 Å². The summed E-state index contributed by atoms with van der Waals surface area (Å²) in [5.74, 6) is 1.26. The minimum atomic E-state index is -0.311. The Hall–Kier alpha value is -4.63. The fourth-order valence-corrected chi connectivity index (χ4v) is 4.60. The number of rotatable bonds is 8. The van der Waals surface area contributed by atoms with Crippen molar-refractivity contribution in [3.63, 3.8) is 0 Å². The zero-order valence-corrected chi connectivity index (χ0v) is 20.7. The number of hydrogen-bond donors (Lipinski definition) is 2. The third-order valence-electron chi connectivity index (χ3n) is 5.66. The van der Waals surface area contributed by atoms with Crippen molar-refractivity contribution in [1.29, 1.82) is 0 Å². The van der Waals surface area contributed by atoms with Crippen molar-refractivity contribution in [1.82, 2.24) is 20.2 Å². The molecule has 0 radical (unpaired) electrons. The number of hydrogen-bond acceptors (Lipinski definition) is 7. The number of phenolic OH excluding ortho intramolecular Hbond substituents is 1. The molecule has 9 heteroatoms. The number of phenols is 1. The van der Waals surface area contributed by atoms with Crippen molar-refractivity contribution in [3.05, 3.63) is 96.6 Å². The first kappa shape index (κ1) is 24.1. The van der Waals surface area contributed by atoms with Gasteiger partial charge in [-0.3, -0.25) is 9.36 Å². The first-order valence-electron chi connectivity index (χ1n) is 11.4. The van der Waals surface area contributed by atoms with Gasteiger partial charge in [0.05, 0.1) is 19.1 Å². The quantitative estimate of drug-likeness (QED) is 0.173. The number of amides is 1. The molecule has 0 atom stereocenters. The molecule has 0 bridgehead atoms. The number of thioether (sulfide) groups is 1. The average Bonchev–Trinajstić information content (AvgIpc) is 3.37. The summed E-state index contributed by atoms with van der Waals surface area (Å²) < 4.78 is 7.18. The number of benzene rings is 4. The Morgan fingerprint density at radius 1 is 1.00 bits per heavy atom. The molecule has 8 nitrogen and oxygen atoms in total. The number of ether oxygens (including phenoxy) is 1. The largest absolute Gasteiger partial charge is 0.507 e. The first-order chi connectivity index (χ1) is 18.1. The molecule has 0 aliphatic rings. The number of aromatic nitrogens is 3. The third-order valence-corrected chi connectivity index (χ3v) is 6.59. The van der Waals surface area contributed by atoms with Crippen LogP contribution in [0.3, 0.4) is 0 Å². The molecule has 1 amide bonds. The summed E-state index contributed by atoms with van der Waals surface area (Å²) in [6, 6.07) is 28.4.